The summed E-state index contributed by atoms with van der Waals surface area (Å²) in [5, 5.41) is 0.987. The summed E-state index contributed by atoms with van der Waals surface area (Å²) in [5.74, 6) is -0.0918. The van der Waals surface area contributed by atoms with Crippen molar-refractivity contribution in [3.8, 4) is 0 Å². The lowest BCUT2D eigenvalue weighted by molar-refractivity contribution is -0.122. The first-order chi connectivity index (χ1) is 17.6. The van der Waals surface area contributed by atoms with Crippen LogP contribution in [-0.2, 0) is 4.79 Å². The lowest BCUT2D eigenvalue weighted by Crippen LogP contribution is -2.28. The minimum atomic E-state index is -1.21. The maximum Gasteiger partial charge on any atom is 0.258 e. The second-order valence-electron chi connectivity index (χ2n) is 10.3. The third kappa shape index (κ3) is 5.64. The van der Waals surface area contributed by atoms with Gasteiger partial charge in [-0.1, -0.05) is 60.7 Å². The van der Waals surface area contributed by atoms with Crippen LogP contribution in [0.3, 0.4) is 0 Å². The highest BCUT2D eigenvalue weighted by Crippen LogP contribution is 2.40. The Morgan fingerprint density at radius 3 is 2.38 bits per heavy atom. The number of amides is 1. The molecule has 4 heteroatoms. The maximum absolute atomic E-state index is 14.7. The second-order valence-corrected chi connectivity index (χ2v) is 10.3. The number of halogens is 1. The number of hydrogen-bond donors (Lipinski definition) is 0. The molecule has 1 aromatic heterocycles. The van der Waals surface area contributed by atoms with Crippen molar-refractivity contribution in [1.29, 1.82) is 0 Å². The van der Waals surface area contributed by atoms with Gasteiger partial charge in [-0.25, -0.2) is 4.39 Å². The Morgan fingerprint density at radius 2 is 1.73 bits per heavy atom. The minimum Gasteiger partial charge on any atom is -0.315 e. The van der Waals surface area contributed by atoms with Crippen LogP contribution >= 0.6 is 0 Å². The van der Waals surface area contributed by atoms with Gasteiger partial charge in [0, 0.05) is 35.5 Å². The summed E-state index contributed by atoms with van der Waals surface area (Å²) in [5.41, 5.74) is 6.70. The van der Waals surface area contributed by atoms with Gasteiger partial charge in [-0.3, -0.25) is 9.78 Å². The number of carbonyl (C=O) groups excluding carboxylic acids is 1. The number of aromatic nitrogens is 1. The molecule has 190 valence electrons. The van der Waals surface area contributed by atoms with E-state index in [1.165, 1.54) is 0 Å². The van der Waals surface area contributed by atoms with Gasteiger partial charge in [-0.2, -0.15) is 0 Å². The van der Waals surface area contributed by atoms with Crippen molar-refractivity contribution in [2.75, 3.05) is 7.05 Å². The molecule has 3 aromatic rings. The fourth-order valence-corrected chi connectivity index (χ4v) is 4.94. The summed E-state index contributed by atoms with van der Waals surface area (Å²) in [4.78, 5) is 20.1. The maximum atomic E-state index is 14.7. The number of pyridine rings is 1. The van der Waals surface area contributed by atoms with E-state index in [1.807, 2.05) is 94.6 Å². The normalized spacial score (nSPS) is 18.1. The topological polar surface area (TPSA) is 33.2 Å². The molecule has 0 N–H and O–H groups in total. The first-order valence-electron chi connectivity index (χ1n) is 12.7. The predicted molar refractivity (Wildman–Crippen MR) is 152 cm³/mol. The van der Waals surface area contributed by atoms with E-state index in [9.17, 15) is 9.18 Å². The van der Waals surface area contributed by atoms with Gasteiger partial charge >= 0.3 is 0 Å². The van der Waals surface area contributed by atoms with Crippen LogP contribution in [-0.4, -0.2) is 28.5 Å². The van der Waals surface area contributed by atoms with Gasteiger partial charge in [0.05, 0.1) is 5.52 Å². The molecular weight excluding hydrogens is 459 g/mol. The summed E-state index contributed by atoms with van der Waals surface area (Å²) in [6.07, 6.45) is 5.14. The van der Waals surface area contributed by atoms with Gasteiger partial charge in [0.15, 0.2) is 0 Å². The van der Waals surface area contributed by atoms with Crippen molar-refractivity contribution < 1.29 is 9.18 Å². The zero-order valence-electron chi connectivity index (χ0n) is 22.4. The summed E-state index contributed by atoms with van der Waals surface area (Å²) >= 11 is 0. The van der Waals surface area contributed by atoms with Crippen molar-refractivity contribution in [2.24, 2.45) is 0 Å². The van der Waals surface area contributed by atoms with E-state index in [4.69, 9.17) is 0 Å². The molecule has 0 radical (unpaired) electrons. The Morgan fingerprint density at radius 1 is 1.00 bits per heavy atom. The first-order valence-corrected chi connectivity index (χ1v) is 12.7. The van der Waals surface area contributed by atoms with Gasteiger partial charge in [0.1, 0.15) is 5.67 Å². The SMILES string of the molecule is C=C(/C(C1=CCC(C)(F)CC1)=C(/C)N(C)C(=O)C(=C(C)C)c1ccc2ncccc2c1)c1ccccc1. The average Bonchev–Trinajstić information content (AvgIpc) is 2.89. The number of hydrogen-bond acceptors (Lipinski definition) is 2. The Kier molecular flexibility index (Phi) is 7.58. The van der Waals surface area contributed by atoms with Gasteiger partial charge in [-0.05, 0) is 87.4 Å². The van der Waals surface area contributed by atoms with Gasteiger partial charge in [0.2, 0.25) is 0 Å². The monoisotopic (exact) mass is 494 g/mol. The molecule has 2 aromatic carbocycles. The standard InChI is InChI=1S/C33H35FN2O/c1-22(2)30(28-14-15-29-27(21-28)13-10-20-35-29)32(37)36(6)24(4)31(23(3)25-11-8-7-9-12-25)26-16-18-33(5,34)19-17-26/h7-16,20-21H,3,17-19H2,1-2,4-6H3/b31-24+. The highest BCUT2D eigenvalue weighted by molar-refractivity contribution is 6.21. The molecule has 37 heavy (non-hydrogen) atoms. The number of allylic oxidation sites excluding steroid dienone is 6. The quantitative estimate of drug-likeness (QED) is 0.255. The van der Waals surface area contributed by atoms with Crippen molar-refractivity contribution in [3.05, 3.63) is 113 Å². The van der Waals surface area contributed by atoms with Crippen LogP contribution in [0.15, 0.2) is 102 Å². The number of alkyl halides is 1. The van der Waals surface area contributed by atoms with E-state index in [2.05, 4.69) is 11.6 Å². The number of benzene rings is 2. The van der Waals surface area contributed by atoms with E-state index in [1.54, 1.807) is 18.0 Å². The molecule has 1 atom stereocenters. The predicted octanol–water partition coefficient (Wildman–Crippen LogP) is 8.31. The fourth-order valence-electron chi connectivity index (χ4n) is 4.94. The fraction of sp³-hybridized carbons (Fsp3) is 0.273. The third-order valence-corrected chi connectivity index (χ3v) is 7.21. The summed E-state index contributed by atoms with van der Waals surface area (Å²) in [6, 6.07) is 19.8. The lowest BCUT2D eigenvalue weighted by atomic mass is 9.81. The van der Waals surface area contributed by atoms with E-state index >= 15 is 0 Å². The Hall–Kier alpha value is -3.79. The van der Waals surface area contributed by atoms with Gasteiger partial charge in [-0.15, -0.1) is 0 Å². The molecule has 0 fully saturated rings. The van der Waals surface area contributed by atoms with Crippen molar-refractivity contribution >= 4 is 28.0 Å². The number of fused-ring (bicyclic) bond motifs is 1. The summed E-state index contributed by atoms with van der Waals surface area (Å²) in [7, 11) is 1.81. The minimum absolute atomic E-state index is 0.0918. The van der Waals surface area contributed by atoms with E-state index < -0.39 is 5.67 Å². The van der Waals surface area contributed by atoms with Crippen LogP contribution in [0.2, 0.25) is 0 Å². The molecule has 0 aliphatic heterocycles. The van der Waals surface area contributed by atoms with Crippen molar-refractivity contribution in [3.63, 3.8) is 0 Å². The number of carbonyl (C=O) groups is 1. The molecule has 0 saturated heterocycles. The lowest BCUT2D eigenvalue weighted by Gasteiger charge is -2.30. The van der Waals surface area contributed by atoms with E-state index in [-0.39, 0.29) is 5.91 Å². The Bertz CT molecular complexity index is 1440. The zero-order chi connectivity index (χ0) is 26.7. The van der Waals surface area contributed by atoms with Gasteiger partial charge in [0.25, 0.3) is 5.91 Å². The molecule has 1 amide bonds. The Labute approximate surface area is 219 Å². The molecule has 0 spiro atoms. The van der Waals surface area contributed by atoms with Crippen LogP contribution in [0.1, 0.15) is 58.1 Å². The van der Waals surface area contributed by atoms with Gasteiger partial charge < -0.3 is 4.90 Å². The number of nitrogens with zero attached hydrogens (tertiary/aromatic N) is 2. The highest BCUT2D eigenvalue weighted by atomic mass is 19.1. The molecule has 0 saturated carbocycles. The second kappa shape index (κ2) is 10.7. The molecule has 1 aliphatic rings. The Balaban J connectivity index is 1.78. The number of rotatable bonds is 6. The average molecular weight is 495 g/mol. The summed E-state index contributed by atoms with van der Waals surface area (Å²) < 4.78 is 14.7. The van der Waals surface area contributed by atoms with Crippen LogP contribution in [0.4, 0.5) is 4.39 Å². The smallest absolute Gasteiger partial charge is 0.258 e. The zero-order valence-corrected chi connectivity index (χ0v) is 22.4. The molecule has 0 bridgehead atoms. The van der Waals surface area contributed by atoms with E-state index in [0.717, 1.165) is 50.0 Å². The van der Waals surface area contributed by atoms with Crippen LogP contribution in [0, 0.1) is 0 Å². The molecule has 3 nitrogen and oxygen atoms in total. The van der Waals surface area contributed by atoms with Crippen LogP contribution in [0.25, 0.3) is 22.0 Å². The summed E-state index contributed by atoms with van der Waals surface area (Å²) in [6.45, 7) is 12.0. The molecular formula is C33H35FN2O. The number of likely N-dealkylation sites (N-methyl/N-ethyl adjacent to an activating group) is 1. The van der Waals surface area contributed by atoms with Crippen LogP contribution in [0.5, 0.6) is 0 Å². The first kappa shape index (κ1) is 26.3. The third-order valence-electron chi connectivity index (χ3n) is 7.21. The molecule has 4 rings (SSSR count). The van der Waals surface area contributed by atoms with Crippen LogP contribution < -0.4 is 0 Å². The highest BCUT2D eigenvalue weighted by Gasteiger charge is 2.30. The molecule has 1 aliphatic carbocycles. The van der Waals surface area contributed by atoms with E-state index in [0.29, 0.717) is 24.8 Å². The van der Waals surface area contributed by atoms with Crippen molar-refractivity contribution in [1.82, 2.24) is 9.88 Å². The molecule has 1 heterocycles. The molecule has 1 unspecified atom stereocenters. The largest absolute Gasteiger partial charge is 0.315 e. The van der Waals surface area contributed by atoms with Crippen molar-refractivity contribution in [2.45, 2.75) is 52.6 Å².